The molecule has 146 valence electrons. The van der Waals surface area contributed by atoms with Crippen LogP contribution in [0.5, 0.6) is 0 Å². The number of thiazole rings is 1. The Balaban J connectivity index is 1.77. The van der Waals surface area contributed by atoms with E-state index in [1.807, 2.05) is 20.8 Å². The molecule has 0 spiro atoms. The number of anilines is 1. The normalized spacial score (nSPS) is 16.3. The van der Waals surface area contributed by atoms with Crippen LogP contribution < -0.4 is 5.32 Å². The summed E-state index contributed by atoms with van der Waals surface area (Å²) in [5.41, 5.74) is 0.301. The maximum absolute atomic E-state index is 12.8. The van der Waals surface area contributed by atoms with E-state index in [4.69, 9.17) is 4.74 Å². The smallest absolute Gasteiger partial charge is 0.267 e. The van der Waals surface area contributed by atoms with E-state index in [9.17, 15) is 13.2 Å². The highest BCUT2D eigenvalue weighted by Gasteiger charge is 2.26. The third kappa shape index (κ3) is 4.55. The molecule has 1 fully saturated rings. The third-order valence-electron chi connectivity index (χ3n) is 4.07. The lowest BCUT2D eigenvalue weighted by Gasteiger charge is -2.26. The molecule has 1 aromatic heterocycles. The van der Waals surface area contributed by atoms with Crippen molar-refractivity contribution < 1.29 is 17.9 Å². The van der Waals surface area contributed by atoms with Crippen LogP contribution >= 0.6 is 11.3 Å². The number of morpholine rings is 1. The number of aromatic nitrogens is 1. The van der Waals surface area contributed by atoms with Gasteiger partial charge >= 0.3 is 0 Å². The Labute approximate surface area is 163 Å². The molecule has 0 atom stereocenters. The van der Waals surface area contributed by atoms with Crippen LogP contribution in [0.2, 0.25) is 0 Å². The minimum absolute atomic E-state index is 0.130. The first-order valence-corrected chi connectivity index (χ1v) is 10.9. The van der Waals surface area contributed by atoms with Crippen LogP contribution in [0.4, 0.5) is 5.69 Å². The molecule has 9 heteroatoms. The summed E-state index contributed by atoms with van der Waals surface area (Å²) >= 11 is 1.34. The summed E-state index contributed by atoms with van der Waals surface area (Å²) in [5.74, 6) is -0.302. The second kappa shape index (κ2) is 7.67. The lowest BCUT2D eigenvalue weighted by atomic mass is 9.98. The second-order valence-corrected chi connectivity index (χ2v) is 10.2. The van der Waals surface area contributed by atoms with Crippen molar-refractivity contribution in [2.24, 2.45) is 0 Å². The van der Waals surface area contributed by atoms with Gasteiger partial charge < -0.3 is 10.1 Å². The summed E-state index contributed by atoms with van der Waals surface area (Å²) < 4.78 is 32.1. The topological polar surface area (TPSA) is 88.6 Å². The van der Waals surface area contributed by atoms with Gasteiger partial charge in [-0.3, -0.25) is 4.79 Å². The van der Waals surface area contributed by atoms with E-state index in [0.717, 1.165) is 5.01 Å². The van der Waals surface area contributed by atoms with Crippen molar-refractivity contribution in [2.75, 3.05) is 31.6 Å². The van der Waals surface area contributed by atoms with Crippen LogP contribution in [0.3, 0.4) is 0 Å². The number of ether oxygens (including phenoxy) is 1. The molecule has 0 saturated carbocycles. The Bertz CT molecular complexity index is 926. The molecule has 1 N–H and O–H groups in total. The fourth-order valence-corrected chi connectivity index (χ4v) is 4.91. The number of benzene rings is 1. The molecular weight excluding hydrogens is 386 g/mol. The summed E-state index contributed by atoms with van der Waals surface area (Å²) in [6.45, 7) is 7.54. The Morgan fingerprint density at radius 3 is 2.59 bits per heavy atom. The quantitative estimate of drug-likeness (QED) is 0.839. The molecule has 1 aromatic carbocycles. The van der Waals surface area contributed by atoms with Gasteiger partial charge in [-0.05, 0) is 18.2 Å². The van der Waals surface area contributed by atoms with Gasteiger partial charge in [-0.25, -0.2) is 13.4 Å². The van der Waals surface area contributed by atoms with Crippen LogP contribution in [-0.2, 0) is 20.2 Å². The summed E-state index contributed by atoms with van der Waals surface area (Å²) in [6, 6.07) is 6.30. The van der Waals surface area contributed by atoms with Crippen molar-refractivity contribution in [1.82, 2.24) is 9.29 Å². The van der Waals surface area contributed by atoms with Gasteiger partial charge in [0.25, 0.3) is 5.91 Å². The summed E-state index contributed by atoms with van der Waals surface area (Å²) in [4.78, 5) is 17.5. The minimum atomic E-state index is -3.61. The fraction of sp³-hybridized carbons (Fsp3) is 0.444. The zero-order valence-electron chi connectivity index (χ0n) is 15.6. The Morgan fingerprint density at radius 1 is 1.26 bits per heavy atom. The first-order valence-electron chi connectivity index (χ1n) is 8.63. The minimum Gasteiger partial charge on any atom is -0.379 e. The van der Waals surface area contributed by atoms with Crippen molar-refractivity contribution in [3.8, 4) is 0 Å². The third-order valence-corrected chi connectivity index (χ3v) is 7.39. The zero-order chi connectivity index (χ0) is 19.7. The Hall–Kier alpha value is -1.81. The molecule has 1 aliphatic rings. The summed E-state index contributed by atoms with van der Waals surface area (Å²) in [5, 5.41) is 3.63. The molecule has 1 amide bonds. The van der Waals surface area contributed by atoms with Gasteiger partial charge in [0.1, 0.15) is 4.88 Å². The average Bonchev–Trinajstić information content (AvgIpc) is 3.13. The largest absolute Gasteiger partial charge is 0.379 e. The number of sulfonamides is 1. The molecule has 0 bridgehead atoms. The van der Waals surface area contributed by atoms with E-state index in [1.54, 1.807) is 18.3 Å². The van der Waals surface area contributed by atoms with Gasteiger partial charge in [0.15, 0.2) is 0 Å². The van der Waals surface area contributed by atoms with Crippen LogP contribution in [0.25, 0.3) is 0 Å². The second-order valence-electron chi connectivity index (χ2n) is 7.28. The SMILES string of the molecule is CC(C)(C)c1ncc(C(=O)Nc2cccc(S(=O)(=O)N3CCOCC3)c2)s1. The van der Waals surface area contributed by atoms with Crippen molar-refractivity contribution in [3.05, 3.63) is 40.3 Å². The van der Waals surface area contributed by atoms with Crippen LogP contribution in [0.15, 0.2) is 35.4 Å². The van der Waals surface area contributed by atoms with Crippen molar-refractivity contribution in [1.29, 1.82) is 0 Å². The molecule has 1 aliphatic heterocycles. The summed E-state index contributed by atoms with van der Waals surface area (Å²) in [7, 11) is -3.61. The average molecular weight is 410 g/mol. The molecule has 0 radical (unpaired) electrons. The number of hydrogen-bond acceptors (Lipinski definition) is 6. The molecule has 2 heterocycles. The first-order chi connectivity index (χ1) is 12.7. The molecule has 0 unspecified atom stereocenters. The molecule has 2 aromatic rings. The Morgan fingerprint density at radius 2 is 1.96 bits per heavy atom. The molecule has 0 aliphatic carbocycles. The van der Waals surface area contributed by atoms with Crippen molar-refractivity contribution in [3.63, 3.8) is 0 Å². The van der Waals surface area contributed by atoms with Gasteiger partial charge in [0.05, 0.1) is 29.3 Å². The lowest BCUT2D eigenvalue weighted by Crippen LogP contribution is -2.40. The highest BCUT2D eigenvalue weighted by Crippen LogP contribution is 2.27. The Kier molecular flexibility index (Phi) is 5.66. The predicted octanol–water partition coefficient (Wildman–Crippen LogP) is 2.71. The predicted molar refractivity (Wildman–Crippen MR) is 105 cm³/mol. The highest BCUT2D eigenvalue weighted by atomic mass is 32.2. The number of rotatable bonds is 4. The zero-order valence-corrected chi connectivity index (χ0v) is 17.2. The highest BCUT2D eigenvalue weighted by molar-refractivity contribution is 7.89. The van der Waals surface area contributed by atoms with Gasteiger partial charge in [-0.2, -0.15) is 4.31 Å². The van der Waals surface area contributed by atoms with Gasteiger partial charge in [0.2, 0.25) is 10.0 Å². The number of hydrogen-bond donors (Lipinski definition) is 1. The first kappa shape index (κ1) is 19.9. The van der Waals surface area contributed by atoms with E-state index >= 15 is 0 Å². The monoisotopic (exact) mass is 409 g/mol. The number of amides is 1. The number of nitrogens with zero attached hydrogens (tertiary/aromatic N) is 2. The lowest BCUT2D eigenvalue weighted by molar-refractivity contribution is 0.0730. The van der Waals surface area contributed by atoms with Gasteiger partial charge in [0, 0.05) is 24.2 Å². The van der Waals surface area contributed by atoms with Crippen LogP contribution in [0.1, 0.15) is 35.5 Å². The standard InChI is InChI=1S/C18H23N3O4S2/c1-18(2,3)17-19-12-15(26-17)16(22)20-13-5-4-6-14(11-13)27(23,24)21-7-9-25-10-8-21/h4-6,11-12H,7-10H2,1-3H3,(H,20,22). The van der Waals surface area contributed by atoms with E-state index in [0.29, 0.717) is 36.9 Å². The van der Waals surface area contributed by atoms with E-state index in [-0.39, 0.29) is 16.2 Å². The fourth-order valence-electron chi connectivity index (χ4n) is 2.59. The van der Waals surface area contributed by atoms with Crippen molar-refractivity contribution in [2.45, 2.75) is 31.1 Å². The number of carbonyl (C=O) groups excluding carboxylic acids is 1. The molecule has 1 saturated heterocycles. The summed E-state index contributed by atoms with van der Waals surface area (Å²) in [6.07, 6.45) is 1.55. The van der Waals surface area contributed by atoms with Gasteiger partial charge in [-0.1, -0.05) is 26.8 Å². The number of nitrogens with one attached hydrogen (secondary N) is 1. The van der Waals surface area contributed by atoms with E-state index in [2.05, 4.69) is 10.3 Å². The maximum Gasteiger partial charge on any atom is 0.267 e. The van der Waals surface area contributed by atoms with E-state index < -0.39 is 10.0 Å². The molecule has 27 heavy (non-hydrogen) atoms. The van der Waals surface area contributed by atoms with Crippen LogP contribution in [0, 0.1) is 0 Å². The van der Waals surface area contributed by atoms with Crippen LogP contribution in [-0.4, -0.2) is 49.9 Å². The molecule has 7 nitrogen and oxygen atoms in total. The molecule has 3 rings (SSSR count). The van der Waals surface area contributed by atoms with E-state index in [1.165, 1.54) is 27.8 Å². The number of carbonyl (C=O) groups is 1. The molecular formula is C18H23N3O4S2. The maximum atomic E-state index is 12.8. The van der Waals surface area contributed by atoms with Crippen molar-refractivity contribution >= 4 is 33.0 Å². The van der Waals surface area contributed by atoms with Gasteiger partial charge in [-0.15, -0.1) is 11.3 Å².